The Bertz CT molecular complexity index is 181. The lowest BCUT2D eigenvalue weighted by Crippen LogP contribution is -2.41. The van der Waals surface area contributed by atoms with Gasteiger partial charge in [-0.1, -0.05) is 19.3 Å². The number of halogens is 1. The first-order chi connectivity index (χ1) is 6.79. The molecule has 1 fully saturated rings. The van der Waals surface area contributed by atoms with Crippen LogP contribution in [0.25, 0.3) is 0 Å². The SMILES string of the molecule is CCN(C(=O)CCN)C1CCCCC1.Cl. The Kier molecular flexibility index (Phi) is 7.79. The third-order valence-corrected chi connectivity index (χ3v) is 3.03. The molecule has 0 atom stereocenters. The van der Waals surface area contributed by atoms with Crippen LogP contribution < -0.4 is 5.73 Å². The van der Waals surface area contributed by atoms with Crippen LogP contribution >= 0.6 is 12.4 Å². The van der Waals surface area contributed by atoms with Crippen LogP contribution in [0.4, 0.5) is 0 Å². The quantitative estimate of drug-likeness (QED) is 0.808. The zero-order valence-corrected chi connectivity index (χ0v) is 10.4. The Labute approximate surface area is 98.8 Å². The number of carbonyl (C=O) groups excluding carboxylic acids is 1. The second kappa shape index (κ2) is 7.94. The number of carbonyl (C=O) groups is 1. The van der Waals surface area contributed by atoms with Crippen LogP contribution in [-0.2, 0) is 4.79 Å². The molecule has 15 heavy (non-hydrogen) atoms. The van der Waals surface area contributed by atoms with E-state index in [0.717, 1.165) is 6.54 Å². The lowest BCUT2D eigenvalue weighted by atomic mass is 9.94. The fraction of sp³-hybridized carbons (Fsp3) is 0.909. The fourth-order valence-corrected chi connectivity index (χ4v) is 2.30. The summed E-state index contributed by atoms with van der Waals surface area (Å²) < 4.78 is 0. The highest BCUT2D eigenvalue weighted by atomic mass is 35.5. The highest BCUT2D eigenvalue weighted by molar-refractivity contribution is 5.85. The van der Waals surface area contributed by atoms with Gasteiger partial charge in [0.2, 0.25) is 5.91 Å². The Hall–Kier alpha value is -0.280. The Morgan fingerprint density at radius 3 is 2.40 bits per heavy atom. The highest BCUT2D eigenvalue weighted by Gasteiger charge is 2.22. The summed E-state index contributed by atoms with van der Waals surface area (Å²) in [7, 11) is 0. The number of nitrogens with two attached hydrogens (primary N) is 1. The van der Waals surface area contributed by atoms with Gasteiger partial charge in [-0.15, -0.1) is 12.4 Å². The Balaban J connectivity index is 0.00000196. The van der Waals surface area contributed by atoms with Crippen LogP contribution in [0.2, 0.25) is 0 Å². The van der Waals surface area contributed by atoms with Crippen LogP contribution in [0.1, 0.15) is 45.4 Å². The van der Waals surface area contributed by atoms with Gasteiger partial charge in [0.05, 0.1) is 0 Å². The summed E-state index contributed by atoms with van der Waals surface area (Å²) in [5, 5.41) is 0. The number of hydrogen-bond donors (Lipinski definition) is 1. The molecule has 0 aliphatic heterocycles. The standard InChI is InChI=1S/C11H22N2O.ClH/c1-2-13(11(14)8-9-12)10-6-4-3-5-7-10;/h10H,2-9,12H2,1H3;1H. The van der Waals surface area contributed by atoms with Crippen molar-refractivity contribution >= 4 is 18.3 Å². The molecule has 0 aromatic carbocycles. The maximum Gasteiger partial charge on any atom is 0.224 e. The van der Waals surface area contributed by atoms with Gasteiger partial charge in [0.1, 0.15) is 0 Å². The number of nitrogens with zero attached hydrogens (tertiary/aromatic N) is 1. The summed E-state index contributed by atoms with van der Waals surface area (Å²) in [6.45, 7) is 3.37. The minimum Gasteiger partial charge on any atom is -0.340 e. The molecular weight excluding hydrogens is 212 g/mol. The van der Waals surface area contributed by atoms with Crippen molar-refractivity contribution < 1.29 is 4.79 Å². The van der Waals surface area contributed by atoms with E-state index in [1.807, 2.05) is 4.90 Å². The molecule has 0 aromatic heterocycles. The van der Waals surface area contributed by atoms with E-state index in [9.17, 15) is 4.79 Å². The van der Waals surface area contributed by atoms with Crippen molar-refractivity contribution in [2.75, 3.05) is 13.1 Å². The van der Waals surface area contributed by atoms with Crippen LogP contribution in [-0.4, -0.2) is 29.9 Å². The van der Waals surface area contributed by atoms with Crippen LogP contribution in [0.3, 0.4) is 0 Å². The summed E-state index contributed by atoms with van der Waals surface area (Å²) in [5.41, 5.74) is 5.40. The average molecular weight is 235 g/mol. The van der Waals surface area contributed by atoms with Crippen molar-refractivity contribution in [2.45, 2.75) is 51.5 Å². The predicted molar refractivity (Wildman–Crippen MR) is 65.2 cm³/mol. The molecule has 0 spiro atoms. The van der Waals surface area contributed by atoms with E-state index in [4.69, 9.17) is 5.73 Å². The lowest BCUT2D eigenvalue weighted by molar-refractivity contribution is -0.133. The predicted octanol–water partition coefficient (Wildman–Crippen LogP) is 1.94. The normalized spacial score (nSPS) is 16.9. The van der Waals surface area contributed by atoms with Gasteiger partial charge in [0, 0.05) is 25.6 Å². The van der Waals surface area contributed by atoms with E-state index < -0.39 is 0 Å². The van der Waals surface area contributed by atoms with Crippen LogP contribution in [0.5, 0.6) is 0 Å². The maximum absolute atomic E-state index is 11.7. The van der Waals surface area contributed by atoms with Gasteiger partial charge in [-0.3, -0.25) is 4.79 Å². The van der Waals surface area contributed by atoms with E-state index in [2.05, 4.69) is 6.92 Å². The molecule has 3 nitrogen and oxygen atoms in total. The van der Waals surface area contributed by atoms with Crippen molar-refractivity contribution in [3.8, 4) is 0 Å². The second-order valence-corrected chi connectivity index (χ2v) is 4.01. The molecule has 1 saturated carbocycles. The highest BCUT2D eigenvalue weighted by Crippen LogP contribution is 2.22. The zero-order valence-electron chi connectivity index (χ0n) is 9.58. The fourth-order valence-electron chi connectivity index (χ4n) is 2.30. The topological polar surface area (TPSA) is 46.3 Å². The summed E-state index contributed by atoms with van der Waals surface area (Å²) in [4.78, 5) is 13.7. The van der Waals surface area contributed by atoms with Gasteiger partial charge in [0.15, 0.2) is 0 Å². The summed E-state index contributed by atoms with van der Waals surface area (Å²) in [5.74, 6) is 0.238. The number of hydrogen-bond acceptors (Lipinski definition) is 2. The molecule has 1 amide bonds. The molecule has 0 heterocycles. The largest absolute Gasteiger partial charge is 0.340 e. The van der Waals surface area contributed by atoms with Crippen molar-refractivity contribution in [1.29, 1.82) is 0 Å². The van der Waals surface area contributed by atoms with Gasteiger partial charge >= 0.3 is 0 Å². The first-order valence-electron chi connectivity index (χ1n) is 5.79. The molecule has 90 valence electrons. The molecule has 0 unspecified atom stereocenters. The van der Waals surface area contributed by atoms with E-state index in [0.29, 0.717) is 19.0 Å². The molecule has 4 heteroatoms. The average Bonchev–Trinajstić information content (AvgIpc) is 2.21. The third kappa shape index (κ3) is 4.39. The minimum absolute atomic E-state index is 0. The Morgan fingerprint density at radius 2 is 1.93 bits per heavy atom. The summed E-state index contributed by atoms with van der Waals surface area (Å²) in [6.07, 6.45) is 6.76. The lowest BCUT2D eigenvalue weighted by Gasteiger charge is -2.33. The third-order valence-electron chi connectivity index (χ3n) is 3.03. The monoisotopic (exact) mass is 234 g/mol. The van der Waals surface area contributed by atoms with Gasteiger partial charge in [0.25, 0.3) is 0 Å². The van der Waals surface area contributed by atoms with Gasteiger partial charge < -0.3 is 10.6 Å². The molecule has 0 bridgehead atoms. The zero-order chi connectivity index (χ0) is 10.4. The van der Waals surface area contributed by atoms with E-state index in [1.165, 1.54) is 32.1 Å². The molecule has 0 saturated heterocycles. The van der Waals surface area contributed by atoms with Crippen molar-refractivity contribution in [2.24, 2.45) is 5.73 Å². The van der Waals surface area contributed by atoms with Crippen LogP contribution in [0, 0.1) is 0 Å². The Morgan fingerprint density at radius 1 is 1.33 bits per heavy atom. The molecule has 1 rings (SSSR count). The molecular formula is C11H23ClN2O. The molecule has 1 aliphatic rings. The van der Waals surface area contributed by atoms with E-state index >= 15 is 0 Å². The van der Waals surface area contributed by atoms with E-state index in [1.54, 1.807) is 0 Å². The van der Waals surface area contributed by atoms with Crippen molar-refractivity contribution in [3.05, 3.63) is 0 Å². The smallest absolute Gasteiger partial charge is 0.224 e. The first-order valence-corrected chi connectivity index (χ1v) is 5.79. The van der Waals surface area contributed by atoms with Gasteiger partial charge in [-0.2, -0.15) is 0 Å². The van der Waals surface area contributed by atoms with Gasteiger partial charge in [-0.05, 0) is 19.8 Å². The van der Waals surface area contributed by atoms with Gasteiger partial charge in [-0.25, -0.2) is 0 Å². The molecule has 0 aromatic rings. The second-order valence-electron chi connectivity index (χ2n) is 4.01. The van der Waals surface area contributed by atoms with Crippen molar-refractivity contribution in [1.82, 2.24) is 4.90 Å². The summed E-state index contributed by atoms with van der Waals surface area (Å²) >= 11 is 0. The van der Waals surface area contributed by atoms with E-state index in [-0.39, 0.29) is 18.3 Å². The first kappa shape index (κ1) is 14.7. The van der Waals surface area contributed by atoms with Crippen LogP contribution in [0.15, 0.2) is 0 Å². The van der Waals surface area contributed by atoms with Crippen molar-refractivity contribution in [3.63, 3.8) is 0 Å². The maximum atomic E-state index is 11.7. The minimum atomic E-state index is 0. The molecule has 2 N–H and O–H groups in total. The molecule has 0 radical (unpaired) electrons. The number of rotatable bonds is 4. The number of amides is 1. The molecule has 1 aliphatic carbocycles. The summed E-state index contributed by atoms with van der Waals surface area (Å²) in [6, 6.07) is 0.493.